The Labute approximate surface area is 127 Å². The van der Waals surface area contributed by atoms with Gasteiger partial charge in [-0.2, -0.15) is 11.8 Å². The first-order chi connectivity index (χ1) is 9.69. The van der Waals surface area contributed by atoms with Crippen LogP contribution in [0.1, 0.15) is 26.2 Å². The van der Waals surface area contributed by atoms with Gasteiger partial charge in [-0.3, -0.25) is 4.79 Å². The maximum absolute atomic E-state index is 11.8. The number of hydrogen-bond acceptors (Lipinski definition) is 5. The van der Waals surface area contributed by atoms with E-state index in [2.05, 4.69) is 17.2 Å². The molecule has 1 aromatic heterocycles. The zero-order chi connectivity index (χ0) is 14.4. The Balaban J connectivity index is 1.83. The van der Waals surface area contributed by atoms with Gasteiger partial charge in [0.05, 0.1) is 10.2 Å². The lowest BCUT2D eigenvalue weighted by Gasteiger charge is -2.01. The van der Waals surface area contributed by atoms with Gasteiger partial charge in [0.2, 0.25) is 5.91 Å². The van der Waals surface area contributed by atoms with Crippen molar-refractivity contribution < 1.29 is 4.79 Å². The van der Waals surface area contributed by atoms with Crippen molar-refractivity contribution in [2.24, 2.45) is 0 Å². The SMILES string of the molecule is CCCSCCCC(=O)Nc1nc2ccc(N)cc2s1. The summed E-state index contributed by atoms with van der Waals surface area (Å²) in [5, 5.41) is 3.51. The Bertz CT molecular complexity index is 583. The third kappa shape index (κ3) is 4.38. The second-order valence-electron chi connectivity index (χ2n) is 4.51. The normalized spacial score (nSPS) is 10.8. The predicted octanol–water partition coefficient (Wildman–Crippen LogP) is 3.74. The molecule has 3 N–H and O–H groups in total. The number of thiazole rings is 1. The Morgan fingerprint density at radius 2 is 2.30 bits per heavy atom. The molecule has 0 radical (unpaired) electrons. The fourth-order valence-corrected chi connectivity index (χ4v) is 3.53. The number of benzene rings is 1. The van der Waals surface area contributed by atoms with Crippen LogP contribution >= 0.6 is 23.1 Å². The fraction of sp³-hybridized carbons (Fsp3) is 0.429. The molecule has 6 heteroatoms. The molecule has 4 nitrogen and oxygen atoms in total. The van der Waals surface area contributed by atoms with Gasteiger partial charge >= 0.3 is 0 Å². The van der Waals surface area contributed by atoms with Gasteiger partial charge in [0, 0.05) is 12.1 Å². The van der Waals surface area contributed by atoms with Crippen LogP contribution in [0.4, 0.5) is 10.8 Å². The molecule has 1 heterocycles. The second-order valence-corrected chi connectivity index (χ2v) is 6.77. The number of amides is 1. The Morgan fingerprint density at radius 3 is 3.10 bits per heavy atom. The molecule has 0 aliphatic heterocycles. The van der Waals surface area contributed by atoms with Crippen molar-refractivity contribution in [2.75, 3.05) is 22.6 Å². The number of nitrogens with two attached hydrogens (primary N) is 1. The van der Waals surface area contributed by atoms with Gasteiger partial charge in [-0.15, -0.1) is 0 Å². The number of anilines is 2. The van der Waals surface area contributed by atoms with E-state index in [1.807, 2.05) is 30.0 Å². The van der Waals surface area contributed by atoms with E-state index >= 15 is 0 Å². The van der Waals surface area contributed by atoms with Crippen LogP contribution in [0.25, 0.3) is 10.2 Å². The lowest BCUT2D eigenvalue weighted by molar-refractivity contribution is -0.116. The molecule has 0 saturated carbocycles. The number of hydrogen-bond donors (Lipinski definition) is 2. The van der Waals surface area contributed by atoms with E-state index in [0.717, 1.165) is 22.4 Å². The van der Waals surface area contributed by atoms with E-state index < -0.39 is 0 Å². The van der Waals surface area contributed by atoms with E-state index in [9.17, 15) is 4.79 Å². The lowest BCUT2D eigenvalue weighted by Crippen LogP contribution is -2.11. The number of aromatic nitrogens is 1. The highest BCUT2D eigenvalue weighted by molar-refractivity contribution is 7.99. The minimum Gasteiger partial charge on any atom is -0.399 e. The van der Waals surface area contributed by atoms with E-state index in [1.165, 1.54) is 23.5 Å². The molecular formula is C14H19N3OS2. The molecule has 0 unspecified atom stereocenters. The predicted molar refractivity (Wildman–Crippen MR) is 89.5 cm³/mol. The van der Waals surface area contributed by atoms with Crippen molar-refractivity contribution in [2.45, 2.75) is 26.2 Å². The monoisotopic (exact) mass is 309 g/mol. The Kier molecular flexibility index (Phi) is 5.67. The number of nitrogens with zero attached hydrogens (tertiary/aromatic N) is 1. The average molecular weight is 309 g/mol. The number of carbonyl (C=O) groups excluding carboxylic acids is 1. The Morgan fingerprint density at radius 1 is 1.45 bits per heavy atom. The molecule has 0 bridgehead atoms. The van der Waals surface area contributed by atoms with E-state index in [0.29, 0.717) is 17.2 Å². The molecular weight excluding hydrogens is 290 g/mol. The molecule has 1 aromatic carbocycles. The topological polar surface area (TPSA) is 68.0 Å². The van der Waals surface area contributed by atoms with Gasteiger partial charge in [0.1, 0.15) is 0 Å². The van der Waals surface area contributed by atoms with Crippen LogP contribution < -0.4 is 11.1 Å². The number of nitrogen functional groups attached to an aromatic ring is 1. The van der Waals surface area contributed by atoms with E-state index in [4.69, 9.17) is 5.73 Å². The summed E-state index contributed by atoms with van der Waals surface area (Å²) in [5.41, 5.74) is 7.32. The van der Waals surface area contributed by atoms with Crippen LogP contribution in [0.3, 0.4) is 0 Å². The van der Waals surface area contributed by atoms with Crippen LogP contribution in [-0.2, 0) is 4.79 Å². The molecule has 0 aliphatic rings. The first kappa shape index (κ1) is 15.1. The number of carbonyl (C=O) groups is 1. The summed E-state index contributed by atoms with van der Waals surface area (Å²) < 4.78 is 0.999. The lowest BCUT2D eigenvalue weighted by atomic mass is 10.3. The van der Waals surface area contributed by atoms with Crippen molar-refractivity contribution in [3.05, 3.63) is 18.2 Å². The average Bonchev–Trinajstić information content (AvgIpc) is 2.79. The maximum Gasteiger partial charge on any atom is 0.226 e. The molecule has 0 saturated heterocycles. The molecule has 108 valence electrons. The van der Waals surface area contributed by atoms with E-state index in [-0.39, 0.29) is 5.91 Å². The maximum atomic E-state index is 11.8. The minimum absolute atomic E-state index is 0.0362. The largest absolute Gasteiger partial charge is 0.399 e. The van der Waals surface area contributed by atoms with Crippen molar-refractivity contribution in [3.8, 4) is 0 Å². The molecule has 0 aliphatic carbocycles. The summed E-state index contributed by atoms with van der Waals surface area (Å²) in [6.45, 7) is 2.17. The summed E-state index contributed by atoms with van der Waals surface area (Å²) in [6, 6.07) is 5.57. The molecule has 20 heavy (non-hydrogen) atoms. The van der Waals surface area contributed by atoms with Gasteiger partial charge in [0.25, 0.3) is 0 Å². The van der Waals surface area contributed by atoms with Crippen LogP contribution in [0.2, 0.25) is 0 Å². The van der Waals surface area contributed by atoms with Crippen LogP contribution in [0.5, 0.6) is 0 Å². The van der Waals surface area contributed by atoms with Gasteiger partial charge in [-0.1, -0.05) is 18.3 Å². The highest BCUT2D eigenvalue weighted by Gasteiger charge is 2.07. The first-order valence-electron chi connectivity index (χ1n) is 6.72. The number of rotatable bonds is 7. The van der Waals surface area contributed by atoms with Gasteiger partial charge < -0.3 is 11.1 Å². The number of nitrogens with one attached hydrogen (secondary N) is 1. The van der Waals surface area contributed by atoms with Crippen molar-refractivity contribution in [1.82, 2.24) is 4.98 Å². The molecule has 0 atom stereocenters. The fourth-order valence-electron chi connectivity index (χ4n) is 1.76. The quantitative estimate of drug-likeness (QED) is 0.604. The highest BCUT2D eigenvalue weighted by atomic mass is 32.2. The molecule has 2 rings (SSSR count). The van der Waals surface area contributed by atoms with Crippen molar-refractivity contribution in [3.63, 3.8) is 0 Å². The summed E-state index contributed by atoms with van der Waals surface area (Å²) in [6.07, 6.45) is 2.65. The third-order valence-electron chi connectivity index (χ3n) is 2.70. The summed E-state index contributed by atoms with van der Waals surface area (Å²) in [5.74, 6) is 2.24. The first-order valence-corrected chi connectivity index (χ1v) is 8.70. The second kappa shape index (κ2) is 7.50. The molecule has 0 spiro atoms. The standard InChI is InChI=1S/C14H19N3OS2/c1-2-7-19-8-3-4-13(18)17-14-16-11-6-5-10(15)9-12(11)20-14/h5-6,9H,2-4,7-8,15H2,1H3,(H,16,17,18). The van der Waals surface area contributed by atoms with Gasteiger partial charge in [-0.05, 0) is 42.5 Å². The zero-order valence-electron chi connectivity index (χ0n) is 11.5. The molecule has 0 fully saturated rings. The number of fused-ring (bicyclic) bond motifs is 1. The zero-order valence-corrected chi connectivity index (χ0v) is 13.1. The van der Waals surface area contributed by atoms with Crippen LogP contribution in [0.15, 0.2) is 18.2 Å². The Hall–Kier alpha value is -1.27. The summed E-state index contributed by atoms with van der Waals surface area (Å²) >= 11 is 3.36. The van der Waals surface area contributed by atoms with Crippen molar-refractivity contribution >= 4 is 50.0 Å². The minimum atomic E-state index is 0.0362. The van der Waals surface area contributed by atoms with Gasteiger partial charge in [-0.25, -0.2) is 4.98 Å². The molecule has 2 aromatic rings. The summed E-state index contributed by atoms with van der Waals surface area (Å²) in [7, 11) is 0. The van der Waals surface area contributed by atoms with Gasteiger partial charge in [0.15, 0.2) is 5.13 Å². The van der Waals surface area contributed by atoms with Crippen LogP contribution in [0, 0.1) is 0 Å². The van der Waals surface area contributed by atoms with Crippen molar-refractivity contribution in [1.29, 1.82) is 0 Å². The number of thioether (sulfide) groups is 1. The van der Waals surface area contributed by atoms with E-state index in [1.54, 1.807) is 0 Å². The third-order valence-corrected chi connectivity index (χ3v) is 4.91. The van der Waals surface area contributed by atoms with Crippen LogP contribution in [-0.4, -0.2) is 22.4 Å². The summed E-state index contributed by atoms with van der Waals surface area (Å²) in [4.78, 5) is 16.2. The highest BCUT2D eigenvalue weighted by Crippen LogP contribution is 2.27. The smallest absolute Gasteiger partial charge is 0.226 e. The molecule has 1 amide bonds.